The molecule has 2 atom stereocenters. The van der Waals surface area contributed by atoms with Gasteiger partial charge >= 0.3 is 12.1 Å². The number of hydroxylamine groups is 1. The number of hydrogen-bond acceptors (Lipinski definition) is 7. The summed E-state index contributed by atoms with van der Waals surface area (Å²) in [5, 5.41) is 0.347. The molecular formula is C23H24F4N4O6. The zero-order chi connectivity index (χ0) is 27.1. The van der Waals surface area contributed by atoms with Gasteiger partial charge < -0.3 is 19.4 Å². The van der Waals surface area contributed by atoms with Gasteiger partial charge in [-0.3, -0.25) is 14.4 Å². The van der Waals surface area contributed by atoms with E-state index >= 15 is 0 Å². The molecule has 2 saturated heterocycles. The molecule has 0 spiro atoms. The molecule has 200 valence electrons. The van der Waals surface area contributed by atoms with Crippen molar-refractivity contribution in [2.45, 2.75) is 32.5 Å². The van der Waals surface area contributed by atoms with E-state index < -0.39 is 35.7 Å². The van der Waals surface area contributed by atoms with Crippen LogP contribution in [-0.2, 0) is 30.4 Å². The molecule has 0 radical (unpaired) electrons. The first kappa shape index (κ1) is 26.4. The van der Waals surface area contributed by atoms with Crippen LogP contribution >= 0.6 is 0 Å². The van der Waals surface area contributed by atoms with Crippen molar-refractivity contribution in [2.24, 2.45) is 5.92 Å². The van der Waals surface area contributed by atoms with Crippen molar-refractivity contribution in [2.75, 3.05) is 32.8 Å². The molecule has 10 nitrogen and oxygen atoms in total. The maximum absolute atomic E-state index is 14.7. The topological polar surface area (TPSA) is 108 Å². The normalized spacial score (nSPS) is 22.6. The van der Waals surface area contributed by atoms with E-state index in [4.69, 9.17) is 4.74 Å². The summed E-state index contributed by atoms with van der Waals surface area (Å²) in [5.74, 6) is -5.84. The van der Waals surface area contributed by atoms with Crippen molar-refractivity contribution in [3.8, 4) is 0 Å². The van der Waals surface area contributed by atoms with Crippen LogP contribution in [0.15, 0.2) is 29.5 Å². The second-order valence-electron chi connectivity index (χ2n) is 8.99. The van der Waals surface area contributed by atoms with E-state index in [-0.39, 0.29) is 49.3 Å². The van der Waals surface area contributed by atoms with Gasteiger partial charge in [-0.05, 0) is 37.1 Å². The lowest BCUT2D eigenvalue weighted by Crippen LogP contribution is -2.61. The number of fused-ring (bicyclic) bond motifs is 1. The lowest BCUT2D eigenvalue weighted by atomic mass is 9.94. The third kappa shape index (κ3) is 5.38. The number of amides is 3. The minimum Gasteiger partial charge on any atom is -0.377 e. The van der Waals surface area contributed by atoms with Crippen LogP contribution in [0.4, 0.5) is 17.6 Å². The van der Waals surface area contributed by atoms with Gasteiger partial charge in [-0.25, -0.2) is 14.6 Å². The number of carbonyl (C=O) groups excluding carboxylic acids is 4. The standard InChI is InChI=1S/C23H24F4N4O6/c1-12-13(2)20(33)28-31(37-22(35)23(25,26)27)18(12)8-14-3-4-17(24)16(7-14)21(34)29-9-15-11-36-6-5-30(15)19(32)10-29/h3-4,7,13,15H,5-6,8-11H2,1-2H3,(H,28,33). The first-order valence-electron chi connectivity index (χ1n) is 11.4. The highest BCUT2D eigenvalue weighted by Crippen LogP contribution is 2.28. The Bertz CT molecular complexity index is 1170. The van der Waals surface area contributed by atoms with Gasteiger partial charge in [0.05, 0.1) is 36.4 Å². The summed E-state index contributed by atoms with van der Waals surface area (Å²) < 4.78 is 58.4. The largest absolute Gasteiger partial charge is 0.493 e. The summed E-state index contributed by atoms with van der Waals surface area (Å²) in [5.41, 5.74) is 2.38. The average molecular weight is 528 g/mol. The number of benzene rings is 1. The van der Waals surface area contributed by atoms with Gasteiger partial charge in [0.1, 0.15) is 12.4 Å². The quantitative estimate of drug-likeness (QED) is 0.588. The van der Waals surface area contributed by atoms with Crippen LogP contribution < -0.4 is 5.43 Å². The zero-order valence-corrected chi connectivity index (χ0v) is 19.9. The number of nitrogens with one attached hydrogen (secondary N) is 1. The van der Waals surface area contributed by atoms with E-state index in [1.54, 1.807) is 4.90 Å². The molecule has 3 amide bonds. The van der Waals surface area contributed by atoms with Gasteiger partial charge in [-0.1, -0.05) is 6.07 Å². The second-order valence-corrected chi connectivity index (χ2v) is 8.99. The van der Waals surface area contributed by atoms with Crippen LogP contribution in [-0.4, -0.2) is 83.7 Å². The average Bonchev–Trinajstić information content (AvgIpc) is 2.85. The van der Waals surface area contributed by atoms with Crippen molar-refractivity contribution < 1.29 is 46.3 Å². The van der Waals surface area contributed by atoms with Crippen molar-refractivity contribution >= 4 is 23.7 Å². The van der Waals surface area contributed by atoms with Crippen LogP contribution in [0, 0.1) is 11.7 Å². The number of carbonyl (C=O) groups is 4. The molecule has 14 heteroatoms. The molecule has 4 rings (SSSR count). The Morgan fingerprint density at radius 3 is 2.68 bits per heavy atom. The van der Waals surface area contributed by atoms with Gasteiger partial charge in [0.15, 0.2) is 0 Å². The predicted octanol–water partition coefficient (Wildman–Crippen LogP) is 1.33. The Balaban J connectivity index is 1.58. The number of rotatable bonds is 4. The van der Waals surface area contributed by atoms with Crippen molar-refractivity contribution in [3.63, 3.8) is 0 Å². The van der Waals surface area contributed by atoms with Crippen molar-refractivity contribution in [1.29, 1.82) is 0 Å². The SMILES string of the molecule is CC1=C(Cc2ccc(F)c(C(=O)N3CC(=O)N4CCOCC4C3)c2)N(OC(=O)C(F)(F)F)NC(=O)C1C. The molecule has 37 heavy (non-hydrogen) atoms. The van der Waals surface area contributed by atoms with Crippen LogP contribution in [0.2, 0.25) is 0 Å². The number of hydrogen-bond donors (Lipinski definition) is 1. The molecule has 0 aromatic heterocycles. The number of nitrogens with zero attached hydrogens (tertiary/aromatic N) is 3. The van der Waals surface area contributed by atoms with Gasteiger partial charge in [0.2, 0.25) is 11.8 Å². The molecule has 0 saturated carbocycles. The van der Waals surface area contributed by atoms with E-state index in [1.807, 2.05) is 0 Å². The third-order valence-corrected chi connectivity index (χ3v) is 6.59. The first-order valence-corrected chi connectivity index (χ1v) is 11.4. The fourth-order valence-electron chi connectivity index (χ4n) is 4.37. The van der Waals surface area contributed by atoms with Crippen LogP contribution in [0.1, 0.15) is 29.8 Å². The lowest BCUT2D eigenvalue weighted by molar-refractivity contribution is -0.242. The second kappa shape index (κ2) is 10.00. The minimum atomic E-state index is -5.31. The molecule has 0 bridgehead atoms. The molecule has 1 N–H and O–H groups in total. The Hall–Kier alpha value is -3.68. The Labute approximate surface area is 208 Å². The molecule has 1 aromatic carbocycles. The maximum atomic E-state index is 14.7. The fraction of sp³-hybridized carbons (Fsp3) is 0.478. The number of hydrazine groups is 1. The van der Waals surface area contributed by atoms with E-state index in [9.17, 15) is 36.7 Å². The Morgan fingerprint density at radius 1 is 1.24 bits per heavy atom. The number of alkyl halides is 3. The number of halogens is 4. The number of allylic oxidation sites excluding steroid dienone is 1. The zero-order valence-electron chi connectivity index (χ0n) is 19.9. The molecule has 0 aliphatic carbocycles. The van der Waals surface area contributed by atoms with Gasteiger partial charge in [-0.2, -0.15) is 13.2 Å². The first-order chi connectivity index (χ1) is 17.4. The third-order valence-electron chi connectivity index (χ3n) is 6.59. The van der Waals surface area contributed by atoms with Crippen LogP contribution in [0.25, 0.3) is 0 Å². The van der Waals surface area contributed by atoms with Gasteiger partial charge in [0, 0.05) is 19.5 Å². The fourth-order valence-corrected chi connectivity index (χ4v) is 4.37. The summed E-state index contributed by atoms with van der Waals surface area (Å²) in [4.78, 5) is 56.4. The molecule has 3 aliphatic rings. The molecule has 2 fully saturated rings. The summed E-state index contributed by atoms with van der Waals surface area (Å²) >= 11 is 0. The van der Waals surface area contributed by atoms with E-state index in [0.29, 0.717) is 29.5 Å². The molecule has 1 aromatic rings. The Morgan fingerprint density at radius 2 is 1.97 bits per heavy atom. The highest BCUT2D eigenvalue weighted by atomic mass is 19.4. The molecule has 3 heterocycles. The maximum Gasteiger partial charge on any atom is 0.493 e. The highest BCUT2D eigenvalue weighted by Gasteiger charge is 2.44. The van der Waals surface area contributed by atoms with Gasteiger partial charge in [-0.15, -0.1) is 5.17 Å². The molecule has 2 unspecified atom stereocenters. The number of piperazine rings is 1. The summed E-state index contributed by atoms with van der Waals surface area (Å²) in [6.07, 6.45) is -5.52. The monoisotopic (exact) mass is 528 g/mol. The summed E-state index contributed by atoms with van der Waals surface area (Å²) in [6, 6.07) is 3.21. The van der Waals surface area contributed by atoms with E-state index in [0.717, 1.165) is 6.07 Å². The van der Waals surface area contributed by atoms with E-state index in [1.165, 1.54) is 30.9 Å². The van der Waals surface area contributed by atoms with E-state index in [2.05, 4.69) is 10.3 Å². The molecular weight excluding hydrogens is 504 g/mol. The molecule has 3 aliphatic heterocycles. The summed E-state index contributed by atoms with van der Waals surface area (Å²) in [6.45, 7) is 3.99. The van der Waals surface area contributed by atoms with Crippen LogP contribution in [0.5, 0.6) is 0 Å². The summed E-state index contributed by atoms with van der Waals surface area (Å²) in [7, 11) is 0. The number of morpholine rings is 1. The van der Waals surface area contributed by atoms with Crippen molar-refractivity contribution in [1.82, 2.24) is 20.4 Å². The highest BCUT2D eigenvalue weighted by molar-refractivity contribution is 5.97. The number of ether oxygens (including phenoxy) is 1. The van der Waals surface area contributed by atoms with Crippen LogP contribution in [0.3, 0.4) is 0 Å². The minimum absolute atomic E-state index is 0.0119. The predicted molar refractivity (Wildman–Crippen MR) is 116 cm³/mol. The van der Waals surface area contributed by atoms with Crippen molar-refractivity contribution in [3.05, 3.63) is 46.4 Å². The van der Waals surface area contributed by atoms with Gasteiger partial charge in [0.25, 0.3) is 5.91 Å². The smallest absolute Gasteiger partial charge is 0.377 e. The lowest BCUT2D eigenvalue weighted by Gasteiger charge is -2.43. The Kier molecular flexibility index (Phi) is 7.13.